The molecule has 0 aromatic heterocycles. The predicted molar refractivity (Wildman–Crippen MR) is 102 cm³/mol. The molecule has 0 heterocycles. The molecule has 6 nitrogen and oxygen atoms in total. The third kappa shape index (κ3) is 3.78. The number of anilines is 1. The lowest BCUT2D eigenvalue weighted by atomic mass is 10.1. The van der Waals surface area contributed by atoms with Crippen molar-refractivity contribution in [1.82, 2.24) is 5.43 Å². The summed E-state index contributed by atoms with van der Waals surface area (Å²) in [4.78, 5) is 0. The van der Waals surface area contributed by atoms with E-state index < -0.39 is 0 Å². The zero-order chi connectivity index (χ0) is 17.8. The van der Waals surface area contributed by atoms with Crippen molar-refractivity contribution < 1.29 is 15.3 Å². The number of fused-ring (bicyclic) bond motifs is 1. The first kappa shape index (κ1) is 16.5. The Morgan fingerprint density at radius 3 is 2.40 bits per heavy atom. The molecule has 0 saturated heterocycles. The van der Waals surface area contributed by atoms with Crippen molar-refractivity contribution in [1.29, 1.82) is 0 Å². The highest BCUT2D eigenvalue weighted by Crippen LogP contribution is 2.30. The molecule has 0 aliphatic carbocycles. The van der Waals surface area contributed by atoms with Crippen molar-refractivity contribution in [3.63, 3.8) is 0 Å². The maximum atomic E-state index is 9.70. The number of nitrogens with zero attached hydrogens (tertiary/aromatic N) is 1. The molecular formula is C18H15N3O3S. The fourth-order valence-corrected chi connectivity index (χ4v) is 2.54. The smallest absolute Gasteiger partial charge is 0.191 e. The van der Waals surface area contributed by atoms with Crippen molar-refractivity contribution in [2.75, 3.05) is 5.32 Å². The first-order valence-electron chi connectivity index (χ1n) is 7.37. The lowest BCUT2D eigenvalue weighted by Gasteiger charge is -2.10. The minimum Gasteiger partial charge on any atom is -0.508 e. The minimum atomic E-state index is -0.295. The van der Waals surface area contributed by atoms with Crippen LogP contribution >= 0.6 is 12.2 Å². The van der Waals surface area contributed by atoms with Crippen LogP contribution in [0.1, 0.15) is 5.56 Å². The minimum absolute atomic E-state index is 0.0678. The van der Waals surface area contributed by atoms with Gasteiger partial charge in [0.25, 0.3) is 0 Å². The van der Waals surface area contributed by atoms with E-state index in [0.29, 0.717) is 0 Å². The Labute approximate surface area is 149 Å². The lowest BCUT2D eigenvalue weighted by Crippen LogP contribution is -2.23. The first-order chi connectivity index (χ1) is 12.0. The van der Waals surface area contributed by atoms with Gasteiger partial charge in [0.15, 0.2) is 5.11 Å². The molecule has 5 N–H and O–H groups in total. The zero-order valence-corrected chi connectivity index (χ0v) is 13.8. The lowest BCUT2D eigenvalue weighted by molar-refractivity contribution is 0.427. The van der Waals surface area contributed by atoms with Crippen LogP contribution in [0.15, 0.2) is 59.7 Å². The number of phenolic OH excluding ortho intramolecular Hbond substituents is 3. The number of nitrogens with one attached hydrogen (secondary N) is 2. The van der Waals surface area contributed by atoms with Crippen LogP contribution < -0.4 is 10.7 Å². The molecule has 3 rings (SSSR count). The Morgan fingerprint density at radius 1 is 0.960 bits per heavy atom. The van der Waals surface area contributed by atoms with Crippen LogP contribution in [0, 0.1) is 0 Å². The quantitative estimate of drug-likeness (QED) is 0.282. The monoisotopic (exact) mass is 353 g/mol. The summed E-state index contributed by atoms with van der Waals surface area (Å²) in [6.07, 6.45) is 1.21. The molecule has 0 aliphatic heterocycles. The van der Waals surface area contributed by atoms with Gasteiger partial charge in [0.1, 0.15) is 17.2 Å². The van der Waals surface area contributed by atoms with Crippen molar-refractivity contribution >= 4 is 40.0 Å². The van der Waals surface area contributed by atoms with E-state index in [4.69, 9.17) is 12.2 Å². The molecule has 3 aromatic carbocycles. The molecule has 25 heavy (non-hydrogen) atoms. The van der Waals surface area contributed by atoms with E-state index in [2.05, 4.69) is 15.8 Å². The van der Waals surface area contributed by atoms with E-state index in [0.717, 1.165) is 28.6 Å². The second-order valence-electron chi connectivity index (χ2n) is 5.25. The largest absolute Gasteiger partial charge is 0.508 e. The molecule has 0 bridgehead atoms. The Kier molecular flexibility index (Phi) is 4.67. The number of aromatic hydroxyl groups is 3. The number of hydrogen-bond acceptors (Lipinski definition) is 5. The van der Waals surface area contributed by atoms with Crippen molar-refractivity contribution in [2.45, 2.75) is 0 Å². The summed E-state index contributed by atoms with van der Waals surface area (Å²) in [6.45, 7) is 0. The maximum absolute atomic E-state index is 9.70. The third-order valence-electron chi connectivity index (χ3n) is 3.52. The molecule has 0 unspecified atom stereocenters. The van der Waals surface area contributed by atoms with E-state index in [9.17, 15) is 15.3 Å². The Bertz CT molecular complexity index is 944. The average molecular weight is 353 g/mol. The molecule has 3 aromatic rings. The second kappa shape index (κ2) is 7.06. The summed E-state index contributed by atoms with van der Waals surface area (Å²) >= 11 is 5.20. The number of hydrogen-bond donors (Lipinski definition) is 5. The Balaban J connectivity index is 1.71. The molecule has 0 fully saturated rings. The van der Waals surface area contributed by atoms with Crippen LogP contribution in [-0.4, -0.2) is 26.6 Å². The van der Waals surface area contributed by atoms with Gasteiger partial charge in [0.05, 0.1) is 11.8 Å². The zero-order valence-electron chi connectivity index (χ0n) is 13.0. The van der Waals surface area contributed by atoms with Crippen LogP contribution in [-0.2, 0) is 0 Å². The molecule has 0 aliphatic rings. The van der Waals surface area contributed by atoms with Crippen molar-refractivity contribution in [3.8, 4) is 17.2 Å². The van der Waals surface area contributed by atoms with Crippen LogP contribution in [0.3, 0.4) is 0 Å². The molecule has 126 valence electrons. The van der Waals surface area contributed by atoms with Crippen molar-refractivity contribution in [2.24, 2.45) is 5.10 Å². The summed E-state index contributed by atoms with van der Waals surface area (Å²) in [5, 5.41) is 38.0. The topological polar surface area (TPSA) is 97.1 Å². The van der Waals surface area contributed by atoms with Crippen LogP contribution in [0.25, 0.3) is 10.8 Å². The highest BCUT2D eigenvalue weighted by molar-refractivity contribution is 7.80. The summed E-state index contributed by atoms with van der Waals surface area (Å²) in [6, 6.07) is 15.9. The van der Waals surface area contributed by atoms with Gasteiger partial charge in [-0.1, -0.05) is 36.4 Å². The van der Waals surface area contributed by atoms with Gasteiger partial charge in [0, 0.05) is 23.2 Å². The average Bonchev–Trinajstić information content (AvgIpc) is 2.57. The normalized spacial score (nSPS) is 10.9. The summed E-state index contributed by atoms with van der Waals surface area (Å²) in [5.41, 5.74) is 3.52. The van der Waals surface area contributed by atoms with E-state index in [1.165, 1.54) is 6.21 Å². The number of phenols is 3. The van der Waals surface area contributed by atoms with Gasteiger partial charge < -0.3 is 20.6 Å². The highest BCUT2D eigenvalue weighted by Gasteiger charge is 2.07. The van der Waals surface area contributed by atoms with E-state index in [1.54, 1.807) is 0 Å². The predicted octanol–water partition coefficient (Wildman–Crippen LogP) is 3.28. The number of rotatable bonds is 3. The fourth-order valence-electron chi connectivity index (χ4n) is 2.38. The van der Waals surface area contributed by atoms with E-state index in [1.807, 2.05) is 42.5 Å². The Hall–Kier alpha value is -3.32. The van der Waals surface area contributed by atoms with Gasteiger partial charge in [-0.2, -0.15) is 5.10 Å². The fraction of sp³-hybridized carbons (Fsp3) is 0. The molecule has 0 amide bonds. The van der Waals surface area contributed by atoms with Crippen molar-refractivity contribution in [3.05, 3.63) is 60.2 Å². The first-order valence-corrected chi connectivity index (χ1v) is 7.78. The Morgan fingerprint density at radius 2 is 1.64 bits per heavy atom. The summed E-state index contributed by atoms with van der Waals surface area (Å²) < 4.78 is 0. The van der Waals surface area contributed by atoms with Crippen LogP contribution in [0.5, 0.6) is 17.2 Å². The van der Waals surface area contributed by atoms with E-state index in [-0.39, 0.29) is 27.9 Å². The highest BCUT2D eigenvalue weighted by atomic mass is 32.1. The molecule has 7 heteroatoms. The van der Waals surface area contributed by atoms with Gasteiger partial charge in [-0.15, -0.1) is 0 Å². The number of thiocarbonyl (C=S) groups is 1. The molecule has 0 radical (unpaired) electrons. The van der Waals surface area contributed by atoms with Gasteiger partial charge in [0.2, 0.25) is 0 Å². The van der Waals surface area contributed by atoms with Gasteiger partial charge in [-0.25, -0.2) is 0 Å². The third-order valence-corrected chi connectivity index (χ3v) is 3.71. The summed E-state index contributed by atoms with van der Waals surface area (Å²) in [5.74, 6) is -0.833. The van der Waals surface area contributed by atoms with Crippen LogP contribution in [0.2, 0.25) is 0 Å². The van der Waals surface area contributed by atoms with Crippen LogP contribution in [0.4, 0.5) is 5.69 Å². The second-order valence-corrected chi connectivity index (χ2v) is 5.66. The van der Waals surface area contributed by atoms with Gasteiger partial charge in [-0.3, -0.25) is 5.43 Å². The summed E-state index contributed by atoms with van der Waals surface area (Å²) in [7, 11) is 0. The van der Waals surface area contributed by atoms with Gasteiger partial charge in [-0.05, 0) is 23.7 Å². The molecule has 0 saturated carbocycles. The molecule has 0 atom stereocenters. The number of hydrazone groups is 1. The standard InChI is InChI=1S/C18H15N3O3S/c22-12-8-16(23)14(17(24)9-12)10-19-21-18(25)20-15-7-3-5-11-4-1-2-6-13(11)15/h1-10,22-24H,(H2,20,21,25)/b19-10+. The molecular weight excluding hydrogens is 338 g/mol. The van der Waals surface area contributed by atoms with Gasteiger partial charge >= 0.3 is 0 Å². The maximum Gasteiger partial charge on any atom is 0.191 e. The van der Waals surface area contributed by atoms with E-state index >= 15 is 0 Å². The SMILES string of the molecule is Oc1cc(O)c(/C=N/NC(=S)Nc2cccc3ccccc23)c(O)c1. The molecule has 0 spiro atoms. The number of benzene rings is 3.